The average Bonchev–Trinajstić information content (AvgIpc) is 2.94. The molecule has 0 saturated carbocycles. The molecule has 3 rings (SSSR count). The molecule has 0 N–H and O–H groups in total. The van der Waals surface area contributed by atoms with Crippen LogP contribution < -0.4 is 4.74 Å². The number of esters is 1. The second-order valence-electron chi connectivity index (χ2n) is 6.32. The maximum atomic E-state index is 11.5. The van der Waals surface area contributed by atoms with Crippen LogP contribution in [0.15, 0.2) is 42.7 Å². The molecule has 0 spiro atoms. The van der Waals surface area contributed by atoms with E-state index < -0.39 is 6.10 Å². The van der Waals surface area contributed by atoms with Crippen molar-refractivity contribution in [3.05, 3.63) is 58.9 Å². The van der Waals surface area contributed by atoms with E-state index in [1.165, 1.54) is 18.1 Å². The Morgan fingerprint density at radius 1 is 1.23 bits per heavy atom. The van der Waals surface area contributed by atoms with E-state index in [9.17, 15) is 4.79 Å². The number of aromatic nitrogens is 2. The van der Waals surface area contributed by atoms with E-state index >= 15 is 0 Å². The molecule has 0 aliphatic rings. The first-order valence-corrected chi connectivity index (χ1v) is 8.78. The second-order valence-corrected chi connectivity index (χ2v) is 6.76. The topological polar surface area (TPSA) is 53.4 Å². The number of benzene rings is 2. The molecule has 0 aliphatic heterocycles. The summed E-state index contributed by atoms with van der Waals surface area (Å²) in [5.74, 6) is 0.290. The van der Waals surface area contributed by atoms with Crippen molar-refractivity contribution < 1.29 is 14.3 Å². The first-order valence-electron chi connectivity index (χ1n) is 8.40. The van der Waals surface area contributed by atoms with Crippen LogP contribution in [0, 0.1) is 13.8 Å². The van der Waals surface area contributed by atoms with Crippen LogP contribution in [0.2, 0.25) is 5.02 Å². The van der Waals surface area contributed by atoms with Gasteiger partial charge in [-0.1, -0.05) is 17.7 Å². The van der Waals surface area contributed by atoms with Gasteiger partial charge < -0.3 is 14.0 Å². The molecule has 0 radical (unpaired) electrons. The molecule has 0 aliphatic carbocycles. The molecule has 3 aromatic rings. The van der Waals surface area contributed by atoms with Crippen molar-refractivity contribution in [1.29, 1.82) is 0 Å². The lowest BCUT2D eigenvalue weighted by atomic mass is 10.1. The molecule has 0 amide bonds. The zero-order chi connectivity index (χ0) is 18.7. The zero-order valence-electron chi connectivity index (χ0n) is 15.0. The summed E-state index contributed by atoms with van der Waals surface area (Å²) in [6, 6.07) is 11.3. The van der Waals surface area contributed by atoms with Crippen molar-refractivity contribution in [3.8, 4) is 5.75 Å². The van der Waals surface area contributed by atoms with E-state index in [0.29, 0.717) is 17.3 Å². The maximum Gasteiger partial charge on any atom is 0.303 e. The predicted octanol–water partition coefficient (Wildman–Crippen LogP) is 4.32. The summed E-state index contributed by atoms with van der Waals surface area (Å²) in [5, 5.41) is 0.595. The minimum Gasteiger partial charge on any atom is -0.490 e. The summed E-state index contributed by atoms with van der Waals surface area (Å²) in [4.78, 5) is 15.9. The summed E-state index contributed by atoms with van der Waals surface area (Å²) in [6.07, 6.45) is 1.32. The molecule has 136 valence electrons. The van der Waals surface area contributed by atoms with Gasteiger partial charge in [0, 0.05) is 11.9 Å². The third kappa shape index (κ3) is 4.35. The average molecular weight is 373 g/mol. The lowest BCUT2D eigenvalue weighted by molar-refractivity contribution is -0.148. The number of fused-ring (bicyclic) bond motifs is 1. The predicted molar refractivity (Wildman–Crippen MR) is 102 cm³/mol. The lowest BCUT2D eigenvalue weighted by Crippen LogP contribution is -2.28. The van der Waals surface area contributed by atoms with Crippen molar-refractivity contribution >= 4 is 28.6 Å². The Labute approximate surface area is 157 Å². The van der Waals surface area contributed by atoms with E-state index in [1.54, 1.807) is 18.5 Å². The number of hydrogen-bond donors (Lipinski definition) is 0. The number of nitrogens with zero attached hydrogens (tertiary/aromatic N) is 2. The third-order valence-electron chi connectivity index (χ3n) is 4.20. The molecule has 2 aromatic carbocycles. The Balaban J connectivity index is 1.78. The molecule has 1 heterocycles. The lowest BCUT2D eigenvalue weighted by Gasteiger charge is -2.19. The van der Waals surface area contributed by atoms with E-state index in [1.807, 2.05) is 16.7 Å². The Morgan fingerprint density at radius 3 is 2.73 bits per heavy atom. The highest BCUT2D eigenvalue weighted by Gasteiger charge is 2.16. The maximum absolute atomic E-state index is 11.5. The monoisotopic (exact) mass is 372 g/mol. The fraction of sp³-hybridized carbons (Fsp3) is 0.300. The van der Waals surface area contributed by atoms with Gasteiger partial charge in [-0.2, -0.15) is 0 Å². The third-order valence-corrected chi connectivity index (χ3v) is 4.44. The summed E-state index contributed by atoms with van der Waals surface area (Å²) in [7, 11) is 0. The fourth-order valence-corrected chi connectivity index (χ4v) is 2.96. The molecule has 1 aromatic heterocycles. The Morgan fingerprint density at radius 2 is 2.00 bits per heavy atom. The molecule has 5 nitrogen and oxygen atoms in total. The van der Waals surface area contributed by atoms with Gasteiger partial charge in [-0.15, -0.1) is 0 Å². The Bertz CT molecular complexity index is 936. The molecule has 6 heteroatoms. The van der Waals surface area contributed by atoms with Crippen LogP contribution in [0.1, 0.15) is 18.1 Å². The van der Waals surface area contributed by atoms with Gasteiger partial charge in [-0.05, 0) is 55.3 Å². The largest absolute Gasteiger partial charge is 0.490 e. The summed E-state index contributed by atoms with van der Waals surface area (Å²) in [6.45, 7) is 6.21. The molecule has 26 heavy (non-hydrogen) atoms. The number of ether oxygens (including phenoxy) is 2. The minimum atomic E-state index is -0.439. The van der Waals surface area contributed by atoms with E-state index in [4.69, 9.17) is 21.1 Å². The summed E-state index contributed by atoms with van der Waals surface area (Å²) < 4.78 is 13.2. The van der Waals surface area contributed by atoms with Crippen LogP contribution in [0.3, 0.4) is 0 Å². The molecule has 1 atom stereocenters. The van der Waals surface area contributed by atoms with Crippen LogP contribution in [0.4, 0.5) is 0 Å². The number of hydrogen-bond acceptors (Lipinski definition) is 4. The van der Waals surface area contributed by atoms with Gasteiger partial charge in [0.15, 0.2) is 6.10 Å². The minimum absolute atomic E-state index is 0.227. The van der Waals surface area contributed by atoms with Gasteiger partial charge >= 0.3 is 5.97 Å². The van der Waals surface area contributed by atoms with Gasteiger partial charge in [0.2, 0.25) is 0 Å². The highest BCUT2D eigenvalue weighted by atomic mass is 35.5. The number of aryl methyl sites for hydroxylation is 2. The van der Waals surface area contributed by atoms with E-state index in [0.717, 1.165) is 11.0 Å². The first kappa shape index (κ1) is 18.3. The van der Waals surface area contributed by atoms with Crippen LogP contribution in [-0.4, -0.2) is 28.2 Å². The quantitative estimate of drug-likeness (QED) is 0.605. The standard InChI is InChI=1S/C20H21ClN2O3/c1-13-7-19-20(8-14(13)2)23(12-22-19)10-18(26-15(3)24)11-25-17-6-4-5-16(21)9-17/h4-9,12,18H,10-11H2,1-3H3/t18-/m1/s1. The number of carbonyl (C=O) groups is 1. The van der Waals surface area contributed by atoms with Crippen LogP contribution in [0.5, 0.6) is 5.75 Å². The van der Waals surface area contributed by atoms with Crippen molar-refractivity contribution in [2.75, 3.05) is 6.61 Å². The van der Waals surface area contributed by atoms with Crippen LogP contribution >= 0.6 is 11.6 Å². The second kappa shape index (κ2) is 7.79. The summed E-state index contributed by atoms with van der Waals surface area (Å²) >= 11 is 5.97. The van der Waals surface area contributed by atoms with Crippen LogP contribution in [-0.2, 0) is 16.1 Å². The molecule has 0 saturated heterocycles. The van der Waals surface area contributed by atoms with Crippen molar-refractivity contribution in [1.82, 2.24) is 9.55 Å². The number of imidazole rings is 1. The van der Waals surface area contributed by atoms with Crippen molar-refractivity contribution in [2.24, 2.45) is 0 Å². The normalized spacial score (nSPS) is 12.2. The number of carbonyl (C=O) groups excluding carboxylic acids is 1. The highest BCUT2D eigenvalue weighted by Crippen LogP contribution is 2.20. The smallest absolute Gasteiger partial charge is 0.303 e. The van der Waals surface area contributed by atoms with E-state index in [2.05, 4.69) is 31.0 Å². The van der Waals surface area contributed by atoms with Gasteiger partial charge in [0.25, 0.3) is 0 Å². The molecule has 0 fully saturated rings. The zero-order valence-corrected chi connectivity index (χ0v) is 15.8. The first-order chi connectivity index (χ1) is 12.4. The molecule has 0 unspecified atom stereocenters. The van der Waals surface area contributed by atoms with Gasteiger partial charge in [0.1, 0.15) is 12.4 Å². The van der Waals surface area contributed by atoms with Crippen molar-refractivity contribution in [3.63, 3.8) is 0 Å². The van der Waals surface area contributed by atoms with Crippen molar-refractivity contribution in [2.45, 2.75) is 33.4 Å². The summed E-state index contributed by atoms with van der Waals surface area (Å²) in [5.41, 5.74) is 4.32. The molecular weight excluding hydrogens is 352 g/mol. The molecular formula is C20H21ClN2O3. The Hall–Kier alpha value is -2.53. The highest BCUT2D eigenvalue weighted by molar-refractivity contribution is 6.30. The Kier molecular flexibility index (Phi) is 5.47. The van der Waals surface area contributed by atoms with Gasteiger partial charge in [-0.3, -0.25) is 4.79 Å². The SMILES string of the molecule is CC(=O)O[C@@H](COc1cccc(Cl)c1)Cn1cnc2cc(C)c(C)cc21. The number of halogens is 1. The number of rotatable bonds is 6. The van der Waals surface area contributed by atoms with Crippen LogP contribution in [0.25, 0.3) is 11.0 Å². The van der Waals surface area contributed by atoms with E-state index in [-0.39, 0.29) is 12.6 Å². The van der Waals surface area contributed by atoms with Gasteiger partial charge in [-0.25, -0.2) is 4.98 Å². The molecule has 0 bridgehead atoms. The van der Waals surface area contributed by atoms with Gasteiger partial charge in [0.05, 0.1) is 23.9 Å². The fourth-order valence-electron chi connectivity index (χ4n) is 2.78.